The van der Waals surface area contributed by atoms with Gasteiger partial charge in [-0.25, -0.2) is 0 Å². The van der Waals surface area contributed by atoms with Gasteiger partial charge in [-0.2, -0.15) is 0 Å². The van der Waals surface area contributed by atoms with E-state index in [-0.39, 0.29) is 0 Å². The molecule has 1 aliphatic heterocycles. The Morgan fingerprint density at radius 2 is 2.36 bits per heavy atom. The van der Waals surface area contributed by atoms with Crippen LogP contribution in [0.4, 0.5) is 0 Å². The number of nitrogens with zero attached hydrogens (tertiary/aromatic N) is 1. The first-order chi connectivity index (χ1) is 5.36. The van der Waals surface area contributed by atoms with Crippen LogP contribution in [-0.2, 0) is 0 Å². The van der Waals surface area contributed by atoms with E-state index in [1.54, 1.807) is 0 Å². The third-order valence-electron chi connectivity index (χ3n) is 2.62. The maximum Gasteiger partial charge on any atom is 0.000966 e. The molecule has 0 aliphatic carbocycles. The van der Waals surface area contributed by atoms with Crippen LogP contribution in [0.1, 0.15) is 32.6 Å². The molecule has 1 rings (SSSR count). The number of hydrogen-bond donors (Lipinski definition) is 0. The van der Waals surface area contributed by atoms with E-state index in [2.05, 4.69) is 18.7 Å². The first-order valence-corrected chi connectivity index (χ1v) is 4.88. The Hall–Kier alpha value is -0.0400. The van der Waals surface area contributed by atoms with Gasteiger partial charge in [-0.05, 0) is 45.2 Å². The molecule has 0 aromatic carbocycles. The topological polar surface area (TPSA) is 3.24 Å². The van der Waals surface area contributed by atoms with Gasteiger partial charge in [0.25, 0.3) is 0 Å². The second kappa shape index (κ2) is 4.76. The molecule has 1 nitrogen and oxygen atoms in total. The average Bonchev–Trinajstić information content (AvgIpc) is 2.06. The smallest absolute Gasteiger partial charge is 0.000966 e. The maximum absolute atomic E-state index is 3.93. The van der Waals surface area contributed by atoms with Crippen molar-refractivity contribution < 1.29 is 0 Å². The Morgan fingerprint density at radius 3 is 3.00 bits per heavy atom. The largest absolute Gasteiger partial charge is 0.303 e. The second-order valence-corrected chi connectivity index (χ2v) is 3.60. The Morgan fingerprint density at radius 1 is 1.55 bits per heavy atom. The fourth-order valence-corrected chi connectivity index (χ4v) is 2.00. The van der Waals surface area contributed by atoms with Crippen LogP contribution in [0.25, 0.3) is 0 Å². The van der Waals surface area contributed by atoms with Crippen molar-refractivity contribution in [3.63, 3.8) is 0 Å². The highest BCUT2D eigenvalue weighted by molar-refractivity contribution is 4.72. The van der Waals surface area contributed by atoms with E-state index >= 15 is 0 Å². The molecule has 1 fully saturated rings. The molecule has 1 heteroatoms. The first kappa shape index (κ1) is 9.05. The van der Waals surface area contributed by atoms with Gasteiger partial charge in [0.05, 0.1) is 0 Å². The standard InChI is InChI=1S/C10H20N/c1-3-6-10-7-5-8-11(4-2)9-10/h10H,2-9H2,1H3. The molecule has 1 atom stereocenters. The van der Waals surface area contributed by atoms with E-state index in [0.29, 0.717) is 0 Å². The number of rotatable bonds is 3. The van der Waals surface area contributed by atoms with Crippen molar-refractivity contribution in [3.8, 4) is 0 Å². The van der Waals surface area contributed by atoms with Crippen molar-refractivity contribution >= 4 is 0 Å². The van der Waals surface area contributed by atoms with E-state index in [0.717, 1.165) is 12.5 Å². The van der Waals surface area contributed by atoms with Gasteiger partial charge in [-0.3, -0.25) is 0 Å². The molecule has 1 unspecified atom stereocenters. The summed E-state index contributed by atoms with van der Waals surface area (Å²) < 4.78 is 0. The van der Waals surface area contributed by atoms with Gasteiger partial charge in [0.1, 0.15) is 0 Å². The van der Waals surface area contributed by atoms with Crippen molar-refractivity contribution in [2.75, 3.05) is 19.6 Å². The minimum atomic E-state index is 0.968. The second-order valence-electron chi connectivity index (χ2n) is 3.60. The number of piperidine rings is 1. The lowest BCUT2D eigenvalue weighted by atomic mass is 9.94. The summed E-state index contributed by atoms with van der Waals surface area (Å²) >= 11 is 0. The third-order valence-corrected chi connectivity index (χ3v) is 2.62. The van der Waals surface area contributed by atoms with Gasteiger partial charge in [0.2, 0.25) is 0 Å². The molecule has 1 aliphatic rings. The highest BCUT2D eigenvalue weighted by atomic mass is 15.1. The molecule has 11 heavy (non-hydrogen) atoms. The van der Waals surface area contributed by atoms with E-state index in [1.807, 2.05) is 0 Å². The molecule has 65 valence electrons. The summed E-state index contributed by atoms with van der Waals surface area (Å²) in [5.41, 5.74) is 0. The summed E-state index contributed by atoms with van der Waals surface area (Å²) in [6.45, 7) is 9.80. The zero-order valence-corrected chi connectivity index (χ0v) is 7.68. The molecular formula is C10H20N. The van der Waals surface area contributed by atoms with Crippen molar-refractivity contribution in [1.29, 1.82) is 0 Å². The molecular weight excluding hydrogens is 134 g/mol. The van der Waals surface area contributed by atoms with Gasteiger partial charge < -0.3 is 4.90 Å². The van der Waals surface area contributed by atoms with Crippen LogP contribution in [0, 0.1) is 12.8 Å². The molecule has 1 radical (unpaired) electrons. The van der Waals surface area contributed by atoms with Crippen molar-refractivity contribution in [2.24, 2.45) is 5.92 Å². The summed E-state index contributed by atoms with van der Waals surface area (Å²) in [6.07, 6.45) is 5.59. The Kier molecular flexibility index (Phi) is 3.92. The lowest BCUT2D eigenvalue weighted by Gasteiger charge is -2.31. The van der Waals surface area contributed by atoms with Gasteiger partial charge in [-0.15, -0.1) is 0 Å². The Labute approximate surface area is 70.8 Å². The first-order valence-electron chi connectivity index (χ1n) is 4.88. The van der Waals surface area contributed by atoms with E-state index < -0.39 is 0 Å². The fraction of sp³-hybridized carbons (Fsp3) is 0.900. The Balaban J connectivity index is 2.21. The minimum absolute atomic E-state index is 0.968. The summed E-state index contributed by atoms with van der Waals surface area (Å²) in [4.78, 5) is 2.48. The SMILES string of the molecule is [CH2]CN1CCCC(CCC)C1. The quantitative estimate of drug-likeness (QED) is 0.603. The minimum Gasteiger partial charge on any atom is -0.303 e. The maximum atomic E-state index is 3.93. The van der Waals surface area contributed by atoms with Gasteiger partial charge >= 0.3 is 0 Å². The van der Waals surface area contributed by atoms with Crippen molar-refractivity contribution in [3.05, 3.63) is 6.92 Å². The van der Waals surface area contributed by atoms with Crippen LogP contribution in [0.2, 0.25) is 0 Å². The summed E-state index contributed by atoms with van der Waals surface area (Å²) in [5.74, 6) is 0.968. The average molecular weight is 154 g/mol. The summed E-state index contributed by atoms with van der Waals surface area (Å²) in [6, 6.07) is 0. The van der Waals surface area contributed by atoms with Crippen LogP contribution in [0.15, 0.2) is 0 Å². The van der Waals surface area contributed by atoms with Crippen LogP contribution in [-0.4, -0.2) is 24.5 Å². The monoisotopic (exact) mass is 154 g/mol. The molecule has 0 spiro atoms. The summed E-state index contributed by atoms with van der Waals surface area (Å²) in [5, 5.41) is 0. The normalized spacial score (nSPS) is 27.3. The van der Waals surface area contributed by atoms with E-state index in [4.69, 9.17) is 0 Å². The zero-order chi connectivity index (χ0) is 8.10. The van der Waals surface area contributed by atoms with Crippen molar-refractivity contribution in [2.45, 2.75) is 32.6 Å². The van der Waals surface area contributed by atoms with E-state index in [9.17, 15) is 0 Å². The lowest BCUT2D eigenvalue weighted by Crippen LogP contribution is -2.35. The van der Waals surface area contributed by atoms with Gasteiger partial charge in [0, 0.05) is 6.54 Å². The molecule has 0 amide bonds. The number of likely N-dealkylation sites (tertiary alicyclic amines) is 1. The van der Waals surface area contributed by atoms with Crippen LogP contribution >= 0.6 is 0 Å². The molecule has 0 aromatic heterocycles. The summed E-state index contributed by atoms with van der Waals surface area (Å²) in [7, 11) is 0. The predicted molar refractivity (Wildman–Crippen MR) is 49.4 cm³/mol. The molecule has 0 saturated carbocycles. The fourth-order valence-electron chi connectivity index (χ4n) is 2.00. The molecule has 1 saturated heterocycles. The molecule has 0 aromatic rings. The molecule has 0 N–H and O–H groups in total. The zero-order valence-electron chi connectivity index (χ0n) is 7.68. The third kappa shape index (κ3) is 2.82. The van der Waals surface area contributed by atoms with Crippen molar-refractivity contribution in [1.82, 2.24) is 4.90 Å². The highest BCUT2D eigenvalue weighted by Crippen LogP contribution is 2.19. The molecule has 0 bridgehead atoms. The van der Waals surface area contributed by atoms with Gasteiger partial charge in [0.15, 0.2) is 0 Å². The van der Waals surface area contributed by atoms with Gasteiger partial charge in [-0.1, -0.05) is 13.3 Å². The Bertz CT molecular complexity index is 99.0. The van der Waals surface area contributed by atoms with E-state index in [1.165, 1.54) is 38.8 Å². The number of hydrogen-bond acceptors (Lipinski definition) is 1. The lowest BCUT2D eigenvalue weighted by molar-refractivity contribution is 0.183. The van der Waals surface area contributed by atoms with Crippen LogP contribution in [0.5, 0.6) is 0 Å². The highest BCUT2D eigenvalue weighted by Gasteiger charge is 2.17. The van der Waals surface area contributed by atoms with Crippen LogP contribution in [0.3, 0.4) is 0 Å². The molecule has 1 heterocycles. The predicted octanol–water partition coefficient (Wildman–Crippen LogP) is 2.33. The van der Waals surface area contributed by atoms with Crippen LogP contribution < -0.4 is 0 Å².